The van der Waals surface area contributed by atoms with Crippen LogP contribution in [0.4, 0.5) is 11.6 Å². The molecule has 2 aromatic heterocycles. The maximum atomic E-state index is 11.1. The zero-order chi connectivity index (χ0) is 21.4. The molecule has 0 bridgehead atoms. The molecule has 9 heteroatoms. The summed E-state index contributed by atoms with van der Waals surface area (Å²) in [6.07, 6.45) is 4.47. The summed E-state index contributed by atoms with van der Waals surface area (Å²) >= 11 is 0. The summed E-state index contributed by atoms with van der Waals surface area (Å²) in [5, 5.41) is 14.5. The molecule has 8 nitrogen and oxygen atoms in total. The number of carbonyl (C=O) groups is 1. The Morgan fingerprint density at radius 3 is 2.41 bits per heavy atom. The van der Waals surface area contributed by atoms with Gasteiger partial charge in [0.25, 0.3) is 0 Å². The molecule has 1 aliphatic rings. The van der Waals surface area contributed by atoms with Crippen molar-refractivity contribution in [1.82, 2.24) is 19.5 Å². The van der Waals surface area contributed by atoms with Gasteiger partial charge in [-0.1, -0.05) is 24.3 Å². The summed E-state index contributed by atoms with van der Waals surface area (Å²) in [6.45, 7) is 0.0389. The number of carbonyl (C=O) groups excluding carboxylic acids is 1. The van der Waals surface area contributed by atoms with E-state index in [9.17, 15) is 9.90 Å². The minimum atomic E-state index is -1.07. The van der Waals surface area contributed by atoms with Gasteiger partial charge in [0.15, 0.2) is 0 Å². The first-order valence-corrected chi connectivity index (χ1v) is 9.99. The second kappa shape index (κ2) is 8.90. The Hall–Kier alpha value is -2.94. The van der Waals surface area contributed by atoms with Gasteiger partial charge in [0.1, 0.15) is 6.61 Å². The van der Waals surface area contributed by atoms with E-state index in [0.717, 1.165) is 33.8 Å². The number of aryl methyl sites for hydroxylation is 1. The smallest absolute Gasteiger partial charge is 0.549 e. The number of fused-ring (bicyclic) bond motifs is 1. The summed E-state index contributed by atoms with van der Waals surface area (Å²) in [4.78, 5) is 24.1. The van der Waals surface area contributed by atoms with Gasteiger partial charge < -0.3 is 24.5 Å². The molecule has 1 fully saturated rings. The van der Waals surface area contributed by atoms with Gasteiger partial charge in [-0.2, -0.15) is 0 Å². The van der Waals surface area contributed by atoms with Crippen LogP contribution in [0, 0.1) is 5.41 Å². The molecule has 0 unspecified atom stereocenters. The molecule has 0 radical (unpaired) electrons. The molecular weight excluding hydrogens is 417 g/mol. The third-order valence-electron chi connectivity index (χ3n) is 5.65. The number of hydrogen-bond donors (Lipinski definition) is 1. The standard InChI is InChI=1S/C23H21N5O3.Na/c1-28-19-5-3-2-4-18(19)27-21(28)26-17-8-6-15(7-9-17)16-12-24-22(25-13-16)31-14-23(10-11-23)20(29)30;/h2-9,12-13H,10-11,14H2,1H3,(H,26,27)(H,29,30);/q;+1/p-1. The van der Waals surface area contributed by atoms with Gasteiger partial charge in [-0.15, -0.1) is 0 Å². The van der Waals surface area contributed by atoms with Crippen molar-refractivity contribution in [2.75, 3.05) is 11.9 Å². The molecular formula is C23H20N5NaO3. The zero-order valence-electron chi connectivity index (χ0n) is 17.9. The van der Waals surface area contributed by atoms with Crippen LogP contribution in [-0.4, -0.2) is 32.1 Å². The van der Waals surface area contributed by atoms with Gasteiger partial charge in [0.05, 0.1) is 17.0 Å². The third kappa shape index (κ3) is 4.34. The number of nitrogens with one attached hydrogen (secondary N) is 1. The van der Waals surface area contributed by atoms with Gasteiger partial charge in [-0.05, 0) is 42.7 Å². The molecule has 0 atom stereocenters. The predicted molar refractivity (Wildman–Crippen MR) is 114 cm³/mol. The Balaban J connectivity index is 0.00000245. The van der Waals surface area contributed by atoms with E-state index in [0.29, 0.717) is 12.8 Å². The van der Waals surface area contributed by atoms with Crippen LogP contribution in [0.1, 0.15) is 12.8 Å². The summed E-state index contributed by atoms with van der Waals surface area (Å²) in [7, 11) is 1.98. The first kappa shape index (κ1) is 22.3. The van der Waals surface area contributed by atoms with Crippen LogP contribution in [0.25, 0.3) is 22.2 Å². The number of para-hydroxylation sites is 2. The minimum absolute atomic E-state index is 0. The fraction of sp³-hybridized carbons (Fsp3) is 0.217. The van der Waals surface area contributed by atoms with Gasteiger partial charge in [-0.25, -0.2) is 15.0 Å². The SMILES string of the molecule is Cn1c(Nc2ccc(-c3cnc(OCC4(C(=O)[O-])CC4)nc3)cc2)nc2ccccc21.[Na+]. The van der Waals surface area contributed by atoms with Gasteiger partial charge >= 0.3 is 35.6 Å². The number of rotatable bonds is 7. The largest absolute Gasteiger partial charge is 1.00 e. The number of aliphatic carboxylic acids is 1. The number of hydrogen-bond acceptors (Lipinski definition) is 7. The Morgan fingerprint density at radius 1 is 1.09 bits per heavy atom. The third-order valence-corrected chi connectivity index (χ3v) is 5.65. The molecule has 0 amide bonds. The van der Waals surface area contributed by atoms with Gasteiger partial charge in [0, 0.05) is 36.1 Å². The molecule has 0 spiro atoms. The first-order chi connectivity index (χ1) is 15.0. The molecule has 0 saturated heterocycles. The van der Waals surface area contributed by atoms with E-state index < -0.39 is 11.4 Å². The summed E-state index contributed by atoms with van der Waals surface area (Å²) in [5.74, 6) is -0.305. The fourth-order valence-corrected chi connectivity index (χ4v) is 3.43. The van der Waals surface area contributed by atoms with Crippen LogP contribution in [0.3, 0.4) is 0 Å². The minimum Gasteiger partial charge on any atom is -0.549 e. The van der Waals surface area contributed by atoms with E-state index in [-0.39, 0.29) is 42.2 Å². The first-order valence-electron chi connectivity index (χ1n) is 9.99. The van der Waals surface area contributed by atoms with Gasteiger partial charge in [-0.3, -0.25) is 0 Å². The van der Waals surface area contributed by atoms with Crippen molar-refractivity contribution in [3.05, 3.63) is 60.9 Å². The molecule has 1 aliphatic carbocycles. The number of ether oxygens (including phenoxy) is 1. The number of carboxylic acids is 1. The normalized spacial score (nSPS) is 13.9. The molecule has 5 rings (SSSR count). The van der Waals surface area contributed by atoms with Crippen LogP contribution < -0.4 is 44.7 Å². The van der Waals surface area contributed by atoms with Crippen LogP contribution in [-0.2, 0) is 11.8 Å². The average Bonchev–Trinajstić information content (AvgIpc) is 3.53. The topological polar surface area (TPSA) is 105 Å². The second-order valence-corrected chi connectivity index (χ2v) is 7.80. The quantitative estimate of drug-likeness (QED) is 0.396. The molecule has 4 aromatic rings. The van der Waals surface area contributed by atoms with Crippen LogP contribution in [0.5, 0.6) is 6.01 Å². The van der Waals surface area contributed by atoms with Crippen molar-refractivity contribution in [3.63, 3.8) is 0 Å². The number of nitrogens with zero attached hydrogens (tertiary/aromatic N) is 4. The van der Waals surface area contributed by atoms with Crippen molar-refractivity contribution >= 4 is 28.6 Å². The zero-order valence-corrected chi connectivity index (χ0v) is 19.9. The molecule has 32 heavy (non-hydrogen) atoms. The van der Waals surface area contributed by atoms with E-state index in [1.165, 1.54) is 0 Å². The molecule has 156 valence electrons. The van der Waals surface area contributed by atoms with Crippen molar-refractivity contribution in [2.45, 2.75) is 12.8 Å². The Labute approximate surface area is 207 Å². The van der Waals surface area contributed by atoms with Crippen molar-refractivity contribution < 1.29 is 44.2 Å². The summed E-state index contributed by atoms with van der Waals surface area (Å²) in [6, 6.07) is 16.0. The monoisotopic (exact) mass is 437 g/mol. The number of anilines is 2. The van der Waals surface area contributed by atoms with Crippen LogP contribution in [0.2, 0.25) is 0 Å². The molecule has 1 N–H and O–H groups in total. The second-order valence-electron chi connectivity index (χ2n) is 7.80. The maximum Gasteiger partial charge on any atom is 1.00 e. The van der Waals surface area contributed by atoms with E-state index in [1.807, 2.05) is 60.1 Å². The molecule has 2 aromatic carbocycles. The maximum absolute atomic E-state index is 11.1. The average molecular weight is 437 g/mol. The van der Waals surface area contributed by atoms with Crippen molar-refractivity contribution in [3.8, 4) is 17.1 Å². The van der Waals surface area contributed by atoms with E-state index >= 15 is 0 Å². The predicted octanol–water partition coefficient (Wildman–Crippen LogP) is -0.313. The molecule has 2 heterocycles. The molecule has 1 saturated carbocycles. The van der Waals surface area contributed by atoms with Gasteiger partial charge in [0.2, 0.25) is 5.95 Å². The number of imidazole rings is 1. The Kier molecular flexibility index (Phi) is 6.19. The summed E-state index contributed by atoms with van der Waals surface area (Å²) < 4.78 is 7.46. The Morgan fingerprint density at radius 2 is 1.78 bits per heavy atom. The van der Waals surface area contributed by atoms with E-state index in [2.05, 4.69) is 20.3 Å². The number of aromatic nitrogens is 4. The van der Waals surface area contributed by atoms with Crippen LogP contribution in [0.15, 0.2) is 60.9 Å². The van der Waals surface area contributed by atoms with Crippen LogP contribution >= 0.6 is 0 Å². The Bertz CT molecular complexity index is 1250. The summed E-state index contributed by atoms with van der Waals surface area (Å²) in [5.41, 5.74) is 3.84. The van der Waals surface area contributed by atoms with E-state index in [1.54, 1.807) is 12.4 Å². The van der Waals surface area contributed by atoms with Crippen molar-refractivity contribution in [1.29, 1.82) is 0 Å². The van der Waals surface area contributed by atoms with Crippen molar-refractivity contribution in [2.24, 2.45) is 12.5 Å². The fourth-order valence-electron chi connectivity index (χ4n) is 3.43. The van der Waals surface area contributed by atoms with E-state index in [4.69, 9.17) is 4.74 Å². The number of carboxylic acid groups (broad SMARTS) is 1. The number of benzene rings is 2. The molecule has 0 aliphatic heterocycles.